The van der Waals surface area contributed by atoms with E-state index in [2.05, 4.69) is 11.2 Å². The largest absolute Gasteiger partial charge is 0.480 e. The molecule has 16 heavy (non-hydrogen) atoms. The SMILES string of the molecule is C#CCCCN[C@@H](CC1CCCC1)C(=O)O. The Hall–Kier alpha value is -1.01. The molecule has 3 heteroatoms. The fourth-order valence-electron chi connectivity index (χ4n) is 2.32. The molecule has 3 nitrogen and oxygen atoms in total. The molecule has 1 aliphatic carbocycles. The third-order valence-corrected chi connectivity index (χ3v) is 3.23. The van der Waals surface area contributed by atoms with Gasteiger partial charge in [0.1, 0.15) is 6.04 Å². The second-order valence-electron chi connectivity index (χ2n) is 4.54. The summed E-state index contributed by atoms with van der Waals surface area (Å²) in [6, 6.07) is -0.388. The summed E-state index contributed by atoms with van der Waals surface area (Å²) in [7, 11) is 0. The van der Waals surface area contributed by atoms with Gasteiger partial charge in [-0.05, 0) is 25.3 Å². The number of terminal acetylenes is 1. The van der Waals surface area contributed by atoms with Crippen molar-refractivity contribution in [2.24, 2.45) is 5.92 Å². The van der Waals surface area contributed by atoms with Gasteiger partial charge in [-0.2, -0.15) is 0 Å². The van der Waals surface area contributed by atoms with Crippen LogP contribution in [0, 0.1) is 18.3 Å². The van der Waals surface area contributed by atoms with Crippen LogP contribution in [0.3, 0.4) is 0 Å². The topological polar surface area (TPSA) is 49.3 Å². The number of unbranched alkanes of at least 4 members (excludes halogenated alkanes) is 1. The van der Waals surface area contributed by atoms with E-state index in [1.165, 1.54) is 25.7 Å². The molecule has 0 aliphatic heterocycles. The van der Waals surface area contributed by atoms with Crippen LogP contribution in [0.25, 0.3) is 0 Å². The predicted molar refractivity (Wildman–Crippen MR) is 64.1 cm³/mol. The molecule has 2 N–H and O–H groups in total. The van der Waals surface area contributed by atoms with Gasteiger partial charge in [-0.15, -0.1) is 12.3 Å². The lowest BCUT2D eigenvalue weighted by Gasteiger charge is -2.17. The first-order valence-electron chi connectivity index (χ1n) is 6.13. The van der Waals surface area contributed by atoms with Gasteiger partial charge < -0.3 is 10.4 Å². The molecule has 1 rings (SSSR count). The Morgan fingerprint density at radius 2 is 2.19 bits per heavy atom. The molecule has 90 valence electrons. The maximum Gasteiger partial charge on any atom is 0.320 e. The Morgan fingerprint density at radius 3 is 2.75 bits per heavy atom. The molecule has 1 aliphatic rings. The van der Waals surface area contributed by atoms with Crippen molar-refractivity contribution in [1.82, 2.24) is 5.32 Å². The highest BCUT2D eigenvalue weighted by Crippen LogP contribution is 2.28. The van der Waals surface area contributed by atoms with E-state index in [4.69, 9.17) is 11.5 Å². The first kappa shape index (κ1) is 13.1. The van der Waals surface area contributed by atoms with E-state index in [1.54, 1.807) is 0 Å². The average Bonchev–Trinajstić information content (AvgIpc) is 2.75. The molecule has 0 unspecified atom stereocenters. The quantitative estimate of drug-likeness (QED) is 0.513. The van der Waals surface area contributed by atoms with Crippen molar-refractivity contribution in [3.8, 4) is 12.3 Å². The van der Waals surface area contributed by atoms with Crippen molar-refractivity contribution in [2.75, 3.05) is 6.54 Å². The van der Waals surface area contributed by atoms with E-state index in [9.17, 15) is 4.79 Å². The smallest absolute Gasteiger partial charge is 0.320 e. The van der Waals surface area contributed by atoms with Crippen LogP contribution in [0.5, 0.6) is 0 Å². The van der Waals surface area contributed by atoms with Crippen LogP contribution in [0.1, 0.15) is 44.9 Å². The lowest BCUT2D eigenvalue weighted by molar-refractivity contribution is -0.140. The van der Waals surface area contributed by atoms with Crippen LogP contribution >= 0.6 is 0 Å². The third kappa shape index (κ3) is 4.67. The van der Waals surface area contributed by atoms with Gasteiger partial charge in [-0.1, -0.05) is 25.7 Å². The van der Waals surface area contributed by atoms with Crippen molar-refractivity contribution in [3.63, 3.8) is 0 Å². The van der Waals surface area contributed by atoms with Crippen molar-refractivity contribution in [3.05, 3.63) is 0 Å². The Labute approximate surface area is 97.6 Å². The minimum atomic E-state index is -0.729. The number of carboxylic acid groups (broad SMARTS) is 1. The van der Waals surface area contributed by atoms with E-state index in [0.29, 0.717) is 18.9 Å². The van der Waals surface area contributed by atoms with Gasteiger partial charge in [0.05, 0.1) is 0 Å². The number of carbonyl (C=O) groups is 1. The summed E-state index contributed by atoms with van der Waals surface area (Å²) in [5.41, 5.74) is 0. The highest BCUT2D eigenvalue weighted by molar-refractivity contribution is 5.73. The maximum absolute atomic E-state index is 11.0. The van der Waals surface area contributed by atoms with E-state index in [1.807, 2.05) is 0 Å². The van der Waals surface area contributed by atoms with Crippen LogP contribution in [0.4, 0.5) is 0 Å². The van der Waals surface area contributed by atoms with Gasteiger partial charge in [0.25, 0.3) is 0 Å². The molecule has 0 aromatic heterocycles. The Kier molecular flexibility index (Phi) is 5.95. The van der Waals surface area contributed by atoms with E-state index < -0.39 is 5.97 Å². The molecule has 0 aromatic rings. The average molecular weight is 223 g/mol. The zero-order chi connectivity index (χ0) is 11.8. The number of hydrogen-bond acceptors (Lipinski definition) is 2. The molecule has 1 saturated carbocycles. The molecule has 0 amide bonds. The molecule has 1 atom stereocenters. The van der Waals surface area contributed by atoms with E-state index in [-0.39, 0.29) is 6.04 Å². The Bertz CT molecular complexity index is 251. The minimum absolute atomic E-state index is 0.388. The van der Waals surface area contributed by atoms with Gasteiger partial charge in [0.2, 0.25) is 0 Å². The van der Waals surface area contributed by atoms with Crippen molar-refractivity contribution < 1.29 is 9.90 Å². The predicted octanol–water partition coefficient (Wildman–Crippen LogP) is 2.02. The van der Waals surface area contributed by atoms with Crippen LogP contribution in [0.2, 0.25) is 0 Å². The van der Waals surface area contributed by atoms with Gasteiger partial charge in [-0.3, -0.25) is 4.79 Å². The Morgan fingerprint density at radius 1 is 1.50 bits per heavy atom. The minimum Gasteiger partial charge on any atom is -0.480 e. The highest BCUT2D eigenvalue weighted by atomic mass is 16.4. The molecular weight excluding hydrogens is 202 g/mol. The molecular formula is C13H21NO2. The summed E-state index contributed by atoms with van der Waals surface area (Å²) in [6.07, 6.45) is 12.4. The standard InChI is InChI=1S/C13H21NO2/c1-2-3-6-9-14-12(13(15)16)10-11-7-4-5-8-11/h1,11-12,14H,3-10H2,(H,15,16)/t12-/m0/s1. The van der Waals surface area contributed by atoms with Crippen molar-refractivity contribution in [2.45, 2.75) is 51.0 Å². The van der Waals surface area contributed by atoms with Gasteiger partial charge >= 0.3 is 5.97 Å². The fraction of sp³-hybridized carbons (Fsp3) is 0.769. The normalized spacial score (nSPS) is 18.2. The molecule has 0 radical (unpaired) electrons. The summed E-state index contributed by atoms with van der Waals surface area (Å²) >= 11 is 0. The summed E-state index contributed by atoms with van der Waals surface area (Å²) in [6.45, 7) is 0.702. The molecule has 0 aromatic carbocycles. The highest BCUT2D eigenvalue weighted by Gasteiger charge is 2.23. The summed E-state index contributed by atoms with van der Waals surface area (Å²) in [4.78, 5) is 11.0. The maximum atomic E-state index is 11.0. The summed E-state index contributed by atoms with van der Waals surface area (Å²) < 4.78 is 0. The van der Waals surface area contributed by atoms with Gasteiger partial charge in [0, 0.05) is 6.42 Å². The lowest BCUT2D eigenvalue weighted by Crippen LogP contribution is -2.38. The summed E-state index contributed by atoms with van der Waals surface area (Å²) in [5.74, 6) is 2.43. The van der Waals surface area contributed by atoms with Crippen LogP contribution < -0.4 is 5.32 Å². The van der Waals surface area contributed by atoms with Gasteiger partial charge in [-0.25, -0.2) is 0 Å². The molecule has 0 heterocycles. The second-order valence-corrected chi connectivity index (χ2v) is 4.54. The third-order valence-electron chi connectivity index (χ3n) is 3.23. The van der Waals surface area contributed by atoms with Crippen LogP contribution in [-0.2, 0) is 4.79 Å². The molecule has 1 fully saturated rings. The first-order valence-corrected chi connectivity index (χ1v) is 6.13. The van der Waals surface area contributed by atoms with Crippen molar-refractivity contribution in [1.29, 1.82) is 0 Å². The number of carboxylic acids is 1. The fourth-order valence-corrected chi connectivity index (χ4v) is 2.32. The number of aliphatic carboxylic acids is 1. The van der Waals surface area contributed by atoms with Gasteiger partial charge in [0.15, 0.2) is 0 Å². The number of nitrogens with one attached hydrogen (secondary N) is 1. The second kappa shape index (κ2) is 7.29. The van der Waals surface area contributed by atoms with E-state index >= 15 is 0 Å². The zero-order valence-corrected chi connectivity index (χ0v) is 9.74. The van der Waals surface area contributed by atoms with E-state index in [0.717, 1.165) is 12.8 Å². The number of hydrogen-bond donors (Lipinski definition) is 2. The van der Waals surface area contributed by atoms with Crippen LogP contribution in [0.15, 0.2) is 0 Å². The molecule has 0 saturated heterocycles. The Balaban J connectivity index is 2.24. The first-order chi connectivity index (χ1) is 7.74. The number of rotatable bonds is 7. The van der Waals surface area contributed by atoms with Crippen molar-refractivity contribution >= 4 is 5.97 Å². The molecule has 0 spiro atoms. The van der Waals surface area contributed by atoms with Crippen LogP contribution in [-0.4, -0.2) is 23.7 Å². The zero-order valence-electron chi connectivity index (χ0n) is 9.74. The molecule has 0 bridgehead atoms. The lowest BCUT2D eigenvalue weighted by atomic mass is 9.98. The monoisotopic (exact) mass is 223 g/mol. The summed E-state index contributed by atoms with van der Waals surface area (Å²) in [5, 5.41) is 12.2.